The minimum atomic E-state index is -0.0115. The van der Waals surface area contributed by atoms with Crippen LogP contribution in [0.25, 0.3) is 0 Å². The fourth-order valence-electron chi connectivity index (χ4n) is 3.79. The van der Waals surface area contributed by atoms with E-state index in [2.05, 4.69) is 37.9 Å². The van der Waals surface area contributed by atoms with Crippen molar-refractivity contribution >= 4 is 11.8 Å². The molecule has 3 rings (SSSR count). The van der Waals surface area contributed by atoms with Crippen LogP contribution in [0, 0.1) is 20.8 Å². The molecule has 0 radical (unpaired) electrons. The molecule has 1 aromatic heterocycles. The molecule has 0 unspecified atom stereocenters. The number of carbonyl (C=O) groups excluding carboxylic acids is 2. The largest absolute Gasteiger partial charge is 0.341 e. The third kappa shape index (κ3) is 4.54. The zero-order valence-corrected chi connectivity index (χ0v) is 16.4. The average Bonchev–Trinajstić information content (AvgIpc) is 2.91. The molecule has 1 fully saturated rings. The van der Waals surface area contributed by atoms with Crippen molar-refractivity contribution in [2.24, 2.45) is 0 Å². The van der Waals surface area contributed by atoms with E-state index in [4.69, 9.17) is 0 Å². The van der Waals surface area contributed by atoms with E-state index in [1.54, 1.807) is 24.5 Å². The third-order valence-corrected chi connectivity index (χ3v) is 5.21. The first-order valence-corrected chi connectivity index (χ1v) is 9.49. The highest BCUT2D eigenvalue weighted by Crippen LogP contribution is 2.18. The van der Waals surface area contributed by atoms with Gasteiger partial charge < -0.3 is 9.80 Å². The molecule has 142 valence electrons. The van der Waals surface area contributed by atoms with Gasteiger partial charge in [-0.3, -0.25) is 14.6 Å². The van der Waals surface area contributed by atoms with E-state index in [1.807, 2.05) is 9.80 Å². The number of hydrogen-bond donors (Lipinski definition) is 0. The lowest BCUT2D eigenvalue weighted by atomic mass is 9.97. The summed E-state index contributed by atoms with van der Waals surface area (Å²) in [6.45, 7) is 8.72. The second kappa shape index (κ2) is 8.33. The Hall–Kier alpha value is -2.69. The molecule has 5 nitrogen and oxygen atoms in total. The molecule has 1 aliphatic rings. The fraction of sp³-hybridized carbons (Fsp3) is 0.409. The Bertz CT molecular complexity index is 810. The van der Waals surface area contributed by atoms with Gasteiger partial charge in [0.15, 0.2) is 0 Å². The maximum absolute atomic E-state index is 12.9. The van der Waals surface area contributed by atoms with Crippen LogP contribution >= 0.6 is 0 Å². The molecule has 0 saturated carbocycles. The maximum atomic E-state index is 12.9. The summed E-state index contributed by atoms with van der Waals surface area (Å²) in [5.74, 6) is 0.128. The normalized spacial score (nSPS) is 14.8. The van der Waals surface area contributed by atoms with Gasteiger partial charge in [0.1, 0.15) is 0 Å². The number of pyridine rings is 1. The van der Waals surface area contributed by atoms with E-state index in [0.29, 0.717) is 38.2 Å². The zero-order valence-electron chi connectivity index (χ0n) is 16.4. The van der Waals surface area contributed by atoms with Crippen molar-refractivity contribution in [1.29, 1.82) is 0 Å². The zero-order chi connectivity index (χ0) is 19.4. The quantitative estimate of drug-likeness (QED) is 0.840. The molecule has 2 heterocycles. The summed E-state index contributed by atoms with van der Waals surface area (Å²) in [4.78, 5) is 33.2. The summed E-state index contributed by atoms with van der Waals surface area (Å²) in [5, 5.41) is 0. The Balaban J connectivity index is 1.64. The summed E-state index contributed by atoms with van der Waals surface area (Å²) in [6.07, 6.45) is 4.48. The number of aryl methyl sites for hydroxylation is 3. The first-order chi connectivity index (χ1) is 13.0. The van der Waals surface area contributed by atoms with E-state index in [1.165, 1.54) is 16.7 Å². The number of amides is 2. The van der Waals surface area contributed by atoms with Gasteiger partial charge >= 0.3 is 0 Å². The first-order valence-electron chi connectivity index (χ1n) is 9.49. The molecule has 1 aliphatic heterocycles. The van der Waals surface area contributed by atoms with Crippen LogP contribution in [-0.2, 0) is 11.2 Å². The van der Waals surface area contributed by atoms with Crippen molar-refractivity contribution in [1.82, 2.24) is 14.8 Å². The minimum Gasteiger partial charge on any atom is -0.341 e. The van der Waals surface area contributed by atoms with Gasteiger partial charge in [0.25, 0.3) is 5.91 Å². The summed E-state index contributed by atoms with van der Waals surface area (Å²) >= 11 is 0. The van der Waals surface area contributed by atoms with Crippen LogP contribution in [-0.4, -0.2) is 52.8 Å². The molecular formula is C22H27N3O2. The van der Waals surface area contributed by atoms with E-state index >= 15 is 0 Å². The van der Waals surface area contributed by atoms with Gasteiger partial charge in [0.05, 0.1) is 12.0 Å². The lowest BCUT2D eigenvalue weighted by Gasteiger charge is -2.23. The van der Waals surface area contributed by atoms with E-state index in [0.717, 1.165) is 12.0 Å². The van der Waals surface area contributed by atoms with Crippen LogP contribution in [0.5, 0.6) is 0 Å². The number of rotatable bonds is 3. The van der Waals surface area contributed by atoms with Gasteiger partial charge in [0.2, 0.25) is 5.91 Å². The molecule has 0 bridgehead atoms. The van der Waals surface area contributed by atoms with Crippen LogP contribution in [0.1, 0.15) is 39.0 Å². The Morgan fingerprint density at radius 3 is 2.33 bits per heavy atom. The highest BCUT2D eigenvalue weighted by atomic mass is 16.2. The van der Waals surface area contributed by atoms with E-state index in [9.17, 15) is 9.59 Å². The molecule has 0 spiro atoms. The van der Waals surface area contributed by atoms with Crippen LogP contribution in [0.3, 0.4) is 0 Å². The van der Waals surface area contributed by atoms with Gasteiger partial charge in [-0.2, -0.15) is 0 Å². The summed E-state index contributed by atoms with van der Waals surface area (Å²) in [5.41, 5.74) is 5.29. The number of carbonyl (C=O) groups is 2. The Morgan fingerprint density at radius 1 is 1.00 bits per heavy atom. The van der Waals surface area contributed by atoms with Crippen LogP contribution in [0.4, 0.5) is 0 Å². The van der Waals surface area contributed by atoms with Gasteiger partial charge in [-0.15, -0.1) is 0 Å². The van der Waals surface area contributed by atoms with Crippen LogP contribution in [0.2, 0.25) is 0 Å². The predicted octanol–water partition coefficient (Wildman–Crippen LogP) is 2.92. The maximum Gasteiger partial charge on any atom is 0.255 e. The predicted molar refractivity (Wildman–Crippen MR) is 106 cm³/mol. The number of benzene rings is 1. The van der Waals surface area contributed by atoms with Gasteiger partial charge in [-0.25, -0.2) is 0 Å². The van der Waals surface area contributed by atoms with Crippen LogP contribution in [0.15, 0.2) is 36.7 Å². The second-order valence-corrected chi connectivity index (χ2v) is 7.32. The molecule has 2 aromatic rings. The van der Waals surface area contributed by atoms with E-state index in [-0.39, 0.29) is 11.8 Å². The summed E-state index contributed by atoms with van der Waals surface area (Å²) < 4.78 is 0. The fourth-order valence-corrected chi connectivity index (χ4v) is 3.79. The molecule has 2 amide bonds. The monoisotopic (exact) mass is 365 g/mol. The smallest absolute Gasteiger partial charge is 0.255 e. The Labute approximate surface area is 161 Å². The second-order valence-electron chi connectivity index (χ2n) is 7.32. The summed E-state index contributed by atoms with van der Waals surface area (Å²) in [6, 6.07) is 7.82. The molecule has 0 aliphatic carbocycles. The molecule has 27 heavy (non-hydrogen) atoms. The molecular weight excluding hydrogens is 338 g/mol. The average molecular weight is 365 g/mol. The Kier molecular flexibility index (Phi) is 5.89. The van der Waals surface area contributed by atoms with Crippen molar-refractivity contribution in [3.8, 4) is 0 Å². The van der Waals surface area contributed by atoms with Crippen molar-refractivity contribution in [2.75, 3.05) is 26.2 Å². The van der Waals surface area contributed by atoms with Gasteiger partial charge in [0, 0.05) is 38.6 Å². The third-order valence-electron chi connectivity index (χ3n) is 5.21. The number of nitrogens with zero attached hydrogens (tertiary/aromatic N) is 3. The van der Waals surface area contributed by atoms with Crippen molar-refractivity contribution < 1.29 is 9.59 Å². The number of aromatic nitrogens is 1. The van der Waals surface area contributed by atoms with Crippen molar-refractivity contribution in [3.05, 3.63) is 64.5 Å². The highest BCUT2D eigenvalue weighted by Gasteiger charge is 2.23. The van der Waals surface area contributed by atoms with Gasteiger partial charge in [-0.1, -0.05) is 17.7 Å². The summed E-state index contributed by atoms with van der Waals surface area (Å²) in [7, 11) is 0. The van der Waals surface area contributed by atoms with Gasteiger partial charge in [-0.05, 0) is 56.0 Å². The molecule has 0 atom stereocenters. The lowest BCUT2D eigenvalue weighted by molar-refractivity contribution is -0.130. The molecule has 0 N–H and O–H groups in total. The van der Waals surface area contributed by atoms with Crippen molar-refractivity contribution in [3.63, 3.8) is 0 Å². The first kappa shape index (κ1) is 19.1. The van der Waals surface area contributed by atoms with E-state index < -0.39 is 0 Å². The topological polar surface area (TPSA) is 53.5 Å². The highest BCUT2D eigenvalue weighted by molar-refractivity contribution is 5.94. The Morgan fingerprint density at radius 2 is 1.67 bits per heavy atom. The number of hydrogen-bond acceptors (Lipinski definition) is 3. The molecule has 5 heteroatoms. The van der Waals surface area contributed by atoms with Crippen LogP contribution < -0.4 is 0 Å². The SMILES string of the molecule is Cc1cc(C)c(CC(=O)N2CCCN(C(=O)c3cccnc3)CC2)c(C)c1. The molecule has 1 aromatic carbocycles. The van der Waals surface area contributed by atoms with Crippen molar-refractivity contribution in [2.45, 2.75) is 33.6 Å². The lowest BCUT2D eigenvalue weighted by Crippen LogP contribution is -2.38. The molecule has 1 saturated heterocycles. The standard InChI is InChI=1S/C22H27N3O2/c1-16-12-17(2)20(18(3)13-16)14-21(26)24-8-5-9-25(11-10-24)22(27)19-6-4-7-23-15-19/h4,6-7,12-13,15H,5,8-11,14H2,1-3H3. The minimum absolute atomic E-state index is 0.0115.